The molecule has 0 saturated carbocycles. The zero-order valence-corrected chi connectivity index (χ0v) is 22.7. The Morgan fingerprint density at radius 1 is 0.500 bits per heavy atom. The summed E-state index contributed by atoms with van der Waals surface area (Å²) in [5, 5.41) is 4.81. The van der Waals surface area contributed by atoms with Crippen LogP contribution in [-0.2, 0) is 0 Å². The summed E-state index contributed by atoms with van der Waals surface area (Å²) in [6, 6.07) is 25.4. The van der Waals surface area contributed by atoms with Crippen molar-refractivity contribution in [2.45, 2.75) is 77.2 Å². The monoisotopic (exact) mass is 492 g/mol. The van der Waals surface area contributed by atoms with Gasteiger partial charge >= 0.3 is 0 Å². The molecular weight excluding hydrogens is 440 g/mol. The SMILES string of the molecule is C.C.CC.CC.CC.CC.CC1COc2ccc3ccccc3c2-c2c(ccc3ccccc23)OC1. The van der Waals surface area contributed by atoms with E-state index in [9.17, 15) is 0 Å². The molecule has 1 heterocycles. The van der Waals surface area contributed by atoms with Crippen LogP contribution in [0.1, 0.15) is 77.2 Å². The largest absolute Gasteiger partial charge is 0.493 e. The molecule has 0 fully saturated rings. The first-order valence-electron chi connectivity index (χ1n) is 13.1. The van der Waals surface area contributed by atoms with Crippen molar-refractivity contribution in [3.8, 4) is 22.6 Å². The predicted octanol–water partition coefficient (Wildman–Crippen LogP) is 11.4. The molecule has 0 N–H and O–H groups in total. The number of rotatable bonds is 0. The first kappa shape index (κ1) is 35.2. The highest BCUT2D eigenvalue weighted by atomic mass is 16.5. The van der Waals surface area contributed by atoms with Crippen molar-refractivity contribution in [2.75, 3.05) is 13.2 Å². The van der Waals surface area contributed by atoms with Crippen LogP contribution >= 0.6 is 0 Å². The van der Waals surface area contributed by atoms with Crippen molar-refractivity contribution >= 4 is 21.5 Å². The lowest BCUT2D eigenvalue weighted by Gasteiger charge is -2.17. The van der Waals surface area contributed by atoms with Crippen LogP contribution in [0.25, 0.3) is 32.7 Å². The van der Waals surface area contributed by atoms with E-state index >= 15 is 0 Å². The Morgan fingerprint density at radius 2 is 0.833 bits per heavy atom. The number of benzene rings is 4. The number of hydrogen-bond acceptors (Lipinski definition) is 2. The fourth-order valence-corrected chi connectivity index (χ4v) is 3.77. The summed E-state index contributed by atoms with van der Waals surface area (Å²) in [5.41, 5.74) is 2.26. The topological polar surface area (TPSA) is 18.5 Å². The predicted molar refractivity (Wildman–Crippen MR) is 166 cm³/mol. The molecule has 0 atom stereocenters. The van der Waals surface area contributed by atoms with E-state index in [2.05, 4.69) is 79.7 Å². The van der Waals surface area contributed by atoms with Crippen LogP contribution in [-0.4, -0.2) is 13.2 Å². The van der Waals surface area contributed by atoms with Gasteiger partial charge in [0.25, 0.3) is 0 Å². The Balaban J connectivity index is 0. The molecule has 36 heavy (non-hydrogen) atoms. The van der Waals surface area contributed by atoms with Gasteiger partial charge in [-0.25, -0.2) is 0 Å². The van der Waals surface area contributed by atoms with E-state index < -0.39 is 0 Å². The molecule has 0 aromatic heterocycles. The highest BCUT2D eigenvalue weighted by molar-refractivity contribution is 6.09. The fourth-order valence-electron chi connectivity index (χ4n) is 3.77. The highest BCUT2D eigenvalue weighted by Gasteiger charge is 2.21. The smallest absolute Gasteiger partial charge is 0.127 e. The van der Waals surface area contributed by atoms with Gasteiger partial charge in [-0.3, -0.25) is 0 Å². The second-order valence-corrected chi connectivity index (χ2v) is 7.05. The van der Waals surface area contributed by atoms with Crippen molar-refractivity contribution in [3.63, 3.8) is 0 Å². The lowest BCUT2D eigenvalue weighted by atomic mass is 9.92. The van der Waals surface area contributed by atoms with E-state index in [1.165, 1.54) is 21.5 Å². The van der Waals surface area contributed by atoms with Crippen molar-refractivity contribution in [1.29, 1.82) is 0 Å². The van der Waals surface area contributed by atoms with Gasteiger partial charge < -0.3 is 9.47 Å². The third-order valence-corrected chi connectivity index (χ3v) is 5.08. The molecule has 1 aliphatic heterocycles. The summed E-state index contributed by atoms with van der Waals surface area (Å²) >= 11 is 0. The Labute approximate surface area is 222 Å². The van der Waals surface area contributed by atoms with Gasteiger partial charge in [0.15, 0.2) is 0 Å². The summed E-state index contributed by atoms with van der Waals surface area (Å²) in [6.45, 7) is 19.5. The molecule has 2 nitrogen and oxygen atoms in total. The maximum atomic E-state index is 6.25. The Hall–Kier alpha value is -3.00. The van der Waals surface area contributed by atoms with Gasteiger partial charge in [-0.05, 0) is 33.7 Å². The summed E-state index contributed by atoms with van der Waals surface area (Å²) in [7, 11) is 0. The van der Waals surface area contributed by atoms with E-state index in [1.807, 2.05) is 55.4 Å². The standard InChI is InChI=1S/C24H20O2.4C2H6.2CH4/c1-16-14-25-21-12-10-17-6-2-4-8-19(17)23(21)24-20-9-5-3-7-18(20)11-13-22(24)26-15-16;4*1-2;;/h2-13,16H,14-15H2,1H3;4*1-2H3;2*1H4. The number of ether oxygens (including phenoxy) is 2. The van der Waals surface area contributed by atoms with Gasteiger partial charge in [0.05, 0.1) is 13.2 Å². The van der Waals surface area contributed by atoms with Crippen LogP contribution in [0.2, 0.25) is 0 Å². The molecule has 2 heteroatoms. The summed E-state index contributed by atoms with van der Waals surface area (Å²) in [4.78, 5) is 0. The molecule has 0 spiro atoms. The summed E-state index contributed by atoms with van der Waals surface area (Å²) in [6.07, 6.45) is 0. The molecule has 200 valence electrons. The van der Waals surface area contributed by atoms with Crippen molar-refractivity contribution in [3.05, 3.63) is 72.8 Å². The third-order valence-electron chi connectivity index (χ3n) is 5.08. The van der Waals surface area contributed by atoms with Crippen molar-refractivity contribution < 1.29 is 9.47 Å². The van der Waals surface area contributed by atoms with Crippen LogP contribution < -0.4 is 9.47 Å². The quantitative estimate of drug-likeness (QED) is 0.243. The Morgan fingerprint density at radius 3 is 1.19 bits per heavy atom. The van der Waals surface area contributed by atoms with Gasteiger partial charge in [0.2, 0.25) is 0 Å². The molecule has 0 saturated heterocycles. The average Bonchev–Trinajstić information content (AvgIpc) is 3.01. The maximum Gasteiger partial charge on any atom is 0.127 e. The zero-order valence-electron chi connectivity index (χ0n) is 22.7. The molecule has 4 aromatic rings. The molecular formula is C34H52O2. The normalized spacial score (nSPS) is 11.1. The number of hydrogen-bond donors (Lipinski definition) is 0. The Kier molecular flexibility index (Phi) is 18.8. The molecule has 5 rings (SSSR count). The lowest BCUT2D eigenvalue weighted by Crippen LogP contribution is -2.15. The van der Waals surface area contributed by atoms with E-state index in [4.69, 9.17) is 9.47 Å². The fraction of sp³-hybridized carbons (Fsp3) is 0.412. The molecule has 1 aliphatic rings. The van der Waals surface area contributed by atoms with E-state index in [-0.39, 0.29) is 14.9 Å². The second-order valence-electron chi connectivity index (χ2n) is 7.05. The minimum absolute atomic E-state index is 0. The van der Waals surface area contributed by atoms with E-state index in [0.717, 1.165) is 22.6 Å². The first-order chi connectivity index (χ1) is 16.8. The molecule has 0 bridgehead atoms. The zero-order chi connectivity index (χ0) is 25.5. The maximum absolute atomic E-state index is 6.25. The van der Waals surface area contributed by atoms with Crippen molar-refractivity contribution in [2.24, 2.45) is 5.92 Å². The van der Waals surface area contributed by atoms with Crippen LogP contribution in [0.4, 0.5) is 0 Å². The highest BCUT2D eigenvalue weighted by Crippen LogP contribution is 2.46. The van der Waals surface area contributed by atoms with Crippen LogP contribution in [0.15, 0.2) is 72.8 Å². The molecule has 4 aromatic carbocycles. The van der Waals surface area contributed by atoms with E-state index in [0.29, 0.717) is 19.1 Å². The second kappa shape index (κ2) is 19.2. The Bertz CT molecular complexity index is 1030. The number of fused-ring (bicyclic) bond motifs is 7. The molecule has 0 radical (unpaired) electrons. The van der Waals surface area contributed by atoms with Gasteiger partial charge in [0, 0.05) is 17.0 Å². The lowest BCUT2D eigenvalue weighted by molar-refractivity contribution is 0.192. The summed E-state index contributed by atoms with van der Waals surface area (Å²) in [5.74, 6) is 2.18. The minimum Gasteiger partial charge on any atom is -0.493 e. The van der Waals surface area contributed by atoms with Crippen LogP contribution in [0, 0.1) is 5.92 Å². The molecule has 0 amide bonds. The molecule has 0 unspecified atom stereocenters. The van der Waals surface area contributed by atoms with E-state index in [1.54, 1.807) is 0 Å². The first-order valence-corrected chi connectivity index (χ1v) is 13.1. The van der Waals surface area contributed by atoms with Gasteiger partial charge in [-0.2, -0.15) is 0 Å². The average molecular weight is 493 g/mol. The van der Waals surface area contributed by atoms with Gasteiger partial charge in [-0.15, -0.1) is 0 Å². The van der Waals surface area contributed by atoms with Crippen LogP contribution in [0.3, 0.4) is 0 Å². The van der Waals surface area contributed by atoms with Crippen molar-refractivity contribution in [1.82, 2.24) is 0 Å². The third kappa shape index (κ3) is 8.01. The van der Waals surface area contributed by atoms with Gasteiger partial charge in [0.1, 0.15) is 11.5 Å². The summed E-state index contributed by atoms with van der Waals surface area (Å²) < 4.78 is 12.5. The molecule has 0 aliphatic carbocycles. The van der Waals surface area contributed by atoms with Gasteiger partial charge in [-0.1, -0.05) is 138 Å². The van der Waals surface area contributed by atoms with Crippen LogP contribution in [0.5, 0.6) is 11.5 Å². The minimum atomic E-state index is 0.